The molecule has 0 spiro atoms. The fraction of sp³-hybridized carbons (Fsp3) is 0.463. The molecule has 2 saturated heterocycles. The van der Waals surface area contributed by atoms with Crippen molar-refractivity contribution in [1.29, 1.82) is 0 Å². The van der Waals surface area contributed by atoms with Gasteiger partial charge in [-0.25, -0.2) is 9.18 Å². The molecule has 372 valence electrons. The number of hydrogen-bond acceptors (Lipinski definition) is 9. The predicted molar refractivity (Wildman–Crippen MR) is 266 cm³/mol. The van der Waals surface area contributed by atoms with Crippen LogP contribution in [0.25, 0.3) is 11.1 Å². The van der Waals surface area contributed by atoms with Gasteiger partial charge >= 0.3 is 6.03 Å². The van der Waals surface area contributed by atoms with Crippen LogP contribution in [0.15, 0.2) is 78.9 Å². The van der Waals surface area contributed by atoms with Crippen LogP contribution < -0.4 is 36.1 Å². The zero-order valence-electron chi connectivity index (χ0n) is 40.0. The molecule has 14 nitrogen and oxygen atoms in total. The number of carbonyl (C=O) groups excluding carboxylic acids is 5. The van der Waals surface area contributed by atoms with Crippen LogP contribution in [0.1, 0.15) is 111 Å². The van der Waals surface area contributed by atoms with Crippen molar-refractivity contribution in [2.75, 3.05) is 44.3 Å². The van der Waals surface area contributed by atoms with Gasteiger partial charge in [0.2, 0.25) is 17.7 Å². The highest BCUT2D eigenvalue weighted by atomic mass is 35.5. The average Bonchev–Trinajstić information content (AvgIpc) is 3.36. The van der Waals surface area contributed by atoms with E-state index in [1.165, 1.54) is 17.0 Å². The molecule has 4 fully saturated rings. The smallest absolute Gasteiger partial charge is 0.328 e. The minimum absolute atomic E-state index is 0.0168. The second-order valence-corrected chi connectivity index (χ2v) is 19.4. The summed E-state index contributed by atoms with van der Waals surface area (Å²) in [5.74, 6) is -1.39. The van der Waals surface area contributed by atoms with Gasteiger partial charge in [-0.05, 0) is 125 Å². The summed E-state index contributed by atoms with van der Waals surface area (Å²) in [6, 6.07) is 23.7. The highest BCUT2D eigenvalue weighted by molar-refractivity contribution is 6.33. The summed E-state index contributed by atoms with van der Waals surface area (Å²) in [5.41, 5.74) is 9.60. The first-order valence-electron chi connectivity index (χ1n) is 24.8. The molecule has 4 aliphatic rings. The number of benzene rings is 4. The molecule has 0 radical (unpaired) electrons. The van der Waals surface area contributed by atoms with Crippen molar-refractivity contribution in [3.05, 3.63) is 112 Å². The quantitative estimate of drug-likeness (QED) is 0.0811. The summed E-state index contributed by atoms with van der Waals surface area (Å²) in [6.07, 6.45) is 8.63. The van der Waals surface area contributed by atoms with E-state index in [9.17, 15) is 24.0 Å². The van der Waals surface area contributed by atoms with E-state index in [1.54, 1.807) is 30.0 Å². The molecule has 2 saturated carbocycles. The van der Waals surface area contributed by atoms with Gasteiger partial charge in [-0.15, -0.1) is 0 Å². The number of aryl methyl sites for hydroxylation is 1. The molecule has 70 heavy (non-hydrogen) atoms. The summed E-state index contributed by atoms with van der Waals surface area (Å²) in [7, 11) is 0. The topological polar surface area (TPSA) is 182 Å². The van der Waals surface area contributed by atoms with Gasteiger partial charge in [0.1, 0.15) is 5.75 Å². The Morgan fingerprint density at radius 1 is 0.829 bits per heavy atom. The van der Waals surface area contributed by atoms with E-state index in [-0.39, 0.29) is 102 Å². The third-order valence-electron chi connectivity index (χ3n) is 14.3. The fourth-order valence-electron chi connectivity index (χ4n) is 10.4. The number of primary amides is 1. The van der Waals surface area contributed by atoms with E-state index in [0.717, 1.165) is 80.9 Å². The van der Waals surface area contributed by atoms with Gasteiger partial charge in [0.05, 0.1) is 30.1 Å². The van der Waals surface area contributed by atoms with Crippen LogP contribution in [-0.4, -0.2) is 98.2 Å². The van der Waals surface area contributed by atoms with E-state index < -0.39 is 17.8 Å². The van der Waals surface area contributed by atoms with Gasteiger partial charge in [-0.1, -0.05) is 54.1 Å². The molecule has 0 aromatic heterocycles. The zero-order valence-corrected chi connectivity index (χ0v) is 40.7. The summed E-state index contributed by atoms with van der Waals surface area (Å²) in [5, 5.41) is 9.80. The zero-order chi connectivity index (χ0) is 49.3. The Balaban J connectivity index is 0.762. The number of likely N-dealkylation sites (tertiary alicyclic amines) is 1. The highest BCUT2D eigenvalue weighted by Crippen LogP contribution is 2.40. The predicted octanol–water partition coefficient (Wildman–Crippen LogP) is 8.19. The van der Waals surface area contributed by atoms with Gasteiger partial charge < -0.3 is 35.5 Å². The lowest BCUT2D eigenvalue weighted by Gasteiger charge is -2.36. The Bertz CT molecular complexity index is 2520. The summed E-state index contributed by atoms with van der Waals surface area (Å²) >= 11 is 6.72. The van der Waals surface area contributed by atoms with Gasteiger partial charge in [0, 0.05) is 78.7 Å². The number of hydrogen-bond donors (Lipinski definition) is 4. The third kappa shape index (κ3) is 12.3. The number of anilines is 1. The Morgan fingerprint density at radius 2 is 1.54 bits per heavy atom. The Morgan fingerprint density at radius 3 is 2.24 bits per heavy atom. The third-order valence-corrected chi connectivity index (χ3v) is 14.7. The van der Waals surface area contributed by atoms with Crippen LogP contribution in [0.3, 0.4) is 0 Å². The number of amides is 6. The molecule has 6 amide bonds. The van der Waals surface area contributed by atoms with Crippen LogP contribution >= 0.6 is 11.6 Å². The number of urea groups is 1. The van der Waals surface area contributed by atoms with Crippen molar-refractivity contribution in [3.8, 4) is 22.6 Å². The minimum Gasteiger partial charge on any atom is -0.491 e. The van der Waals surface area contributed by atoms with E-state index in [4.69, 9.17) is 31.5 Å². The molecule has 8 rings (SSSR count). The van der Waals surface area contributed by atoms with E-state index >= 15 is 4.39 Å². The standard InChI is InChI=1S/C54H64ClFN6O8/c1-3-68-47-22-20-42(52(57)65)50(51(47)56)43-29-36(12-21-45(43)55)44(34-7-5-4-6-8-34)31-58-37-13-15-38(16-14-37)59-53(66)35-10-18-39(19-11-35)70-40-23-26-61(27-24-40)49(64)32-69-41-17-9-33(2)46(30-41)62-28-25-48(63)60-54(62)67/h4-9,12,17,20-22,29-30,35,37-40,44,58H,3,10-11,13-16,18-19,23-28,31-32H2,1-2H3,(H2,57,65)(H,59,66)(H,60,63,67). The number of imide groups is 1. The van der Waals surface area contributed by atoms with Crippen molar-refractivity contribution in [2.24, 2.45) is 11.7 Å². The number of piperidine rings is 1. The van der Waals surface area contributed by atoms with Crippen LogP contribution in [0, 0.1) is 18.7 Å². The molecular weight excluding hydrogens is 915 g/mol. The molecule has 2 aliphatic heterocycles. The van der Waals surface area contributed by atoms with Crippen LogP contribution in [0.2, 0.25) is 5.02 Å². The first kappa shape index (κ1) is 50.4. The van der Waals surface area contributed by atoms with Crippen LogP contribution in [0.4, 0.5) is 14.9 Å². The Kier molecular flexibility index (Phi) is 16.7. The number of ether oxygens (including phenoxy) is 3. The summed E-state index contributed by atoms with van der Waals surface area (Å²) in [4.78, 5) is 66.5. The van der Waals surface area contributed by atoms with Crippen molar-refractivity contribution in [2.45, 2.75) is 115 Å². The first-order valence-corrected chi connectivity index (χ1v) is 25.1. The van der Waals surface area contributed by atoms with Crippen molar-refractivity contribution < 1.29 is 42.6 Å². The Labute approximate surface area is 414 Å². The number of nitrogens with two attached hydrogens (primary N) is 1. The lowest BCUT2D eigenvalue weighted by molar-refractivity contribution is -0.137. The molecule has 4 aromatic rings. The second-order valence-electron chi connectivity index (χ2n) is 18.9. The summed E-state index contributed by atoms with van der Waals surface area (Å²) in [6.45, 7) is 5.81. The SMILES string of the molecule is CCOc1ccc(C(N)=O)c(-c2cc(C(CNC3CCC(NC(=O)C4CCC(OC5CCN(C(=O)COc6ccc(C)c(N7CCC(=O)NC7=O)c6)CC5)CC4)CC3)c3ccccc3)ccc2Cl)c1F. The molecule has 16 heteroatoms. The first-order chi connectivity index (χ1) is 33.8. The van der Waals surface area contributed by atoms with Crippen LogP contribution in [-0.2, 0) is 19.1 Å². The van der Waals surface area contributed by atoms with Crippen LogP contribution in [0.5, 0.6) is 11.5 Å². The summed E-state index contributed by atoms with van der Waals surface area (Å²) < 4.78 is 33.9. The fourth-order valence-corrected chi connectivity index (χ4v) is 10.6. The number of rotatable bonds is 17. The number of carbonyl (C=O) groups is 5. The van der Waals surface area contributed by atoms with Crippen molar-refractivity contribution >= 4 is 46.9 Å². The molecule has 0 bridgehead atoms. The molecule has 4 aromatic carbocycles. The van der Waals surface area contributed by atoms with Gasteiger partial charge in [-0.2, -0.15) is 0 Å². The van der Waals surface area contributed by atoms with Crippen molar-refractivity contribution in [1.82, 2.24) is 20.9 Å². The average molecular weight is 980 g/mol. The number of nitrogens with zero attached hydrogens (tertiary/aromatic N) is 2. The molecular formula is C54H64ClFN6O8. The number of halogens is 2. The van der Waals surface area contributed by atoms with E-state index in [1.807, 2.05) is 43.3 Å². The molecule has 1 atom stereocenters. The van der Waals surface area contributed by atoms with Gasteiger partial charge in [0.15, 0.2) is 18.2 Å². The largest absolute Gasteiger partial charge is 0.491 e. The van der Waals surface area contributed by atoms with Crippen molar-refractivity contribution in [3.63, 3.8) is 0 Å². The van der Waals surface area contributed by atoms with E-state index in [2.05, 4.69) is 28.1 Å². The van der Waals surface area contributed by atoms with Gasteiger partial charge in [-0.3, -0.25) is 29.4 Å². The maximum atomic E-state index is 16.0. The normalized spacial score (nSPS) is 21.4. The highest BCUT2D eigenvalue weighted by Gasteiger charge is 2.33. The maximum Gasteiger partial charge on any atom is 0.328 e. The van der Waals surface area contributed by atoms with E-state index in [0.29, 0.717) is 36.6 Å². The lowest BCUT2D eigenvalue weighted by Crippen LogP contribution is -2.49. The minimum atomic E-state index is -0.765. The number of nitrogens with one attached hydrogen (secondary N) is 3. The molecule has 5 N–H and O–H groups in total. The molecule has 1 unspecified atom stereocenters. The molecule has 2 aliphatic carbocycles. The lowest BCUT2D eigenvalue weighted by atomic mass is 9.85. The maximum absolute atomic E-state index is 16.0. The molecule has 2 heterocycles. The van der Waals surface area contributed by atoms with Gasteiger partial charge in [0.25, 0.3) is 5.91 Å². The monoisotopic (exact) mass is 978 g/mol. The Hall–Kier alpha value is -6.03. The second kappa shape index (κ2) is 23.3.